The first-order chi connectivity index (χ1) is 11.7. The fourth-order valence-electron chi connectivity index (χ4n) is 3.41. The van der Waals surface area contributed by atoms with Gasteiger partial charge in [0.25, 0.3) is 0 Å². The summed E-state index contributed by atoms with van der Waals surface area (Å²) in [6.45, 7) is 4.78. The molecule has 2 N–H and O–H groups in total. The van der Waals surface area contributed by atoms with E-state index >= 15 is 0 Å². The molecule has 0 aromatic carbocycles. The van der Waals surface area contributed by atoms with Gasteiger partial charge in [-0.1, -0.05) is 13.0 Å². The highest BCUT2D eigenvalue weighted by molar-refractivity contribution is 5.88. The molecule has 7 nitrogen and oxygen atoms in total. The fraction of sp³-hybridized carbons (Fsp3) is 0.588. The summed E-state index contributed by atoms with van der Waals surface area (Å²) in [5.41, 5.74) is 0. The topological polar surface area (TPSA) is 77.6 Å². The van der Waals surface area contributed by atoms with E-state index in [0.717, 1.165) is 31.7 Å². The van der Waals surface area contributed by atoms with Crippen LogP contribution in [-0.4, -0.2) is 60.1 Å². The van der Waals surface area contributed by atoms with E-state index < -0.39 is 0 Å². The van der Waals surface area contributed by atoms with Crippen LogP contribution in [0.15, 0.2) is 24.4 Å². The van der Waals surface area contributed by atoms with Crippen LogP contribution >= 0.6 is 0 Å². The molecular weight excluding hydrogens is 306 g/mol. The average molecular weight is 331 g/mol. The van der Waals surface area contributed by atoms with Crippen molar-refractivity contribution in [2.24, 2.45) is 0 Å². The second-order valence-electron chi connectivity index (χ2n) is 6.31. The molecule has 0 aliphatic carbocycles. The van der Waals surface area contributed by atoms with Crippen LogP contribution in [0.4, 0.5) is 10.6 Å². The third kappa shape index (κ3) is 3.60. The highest BCUT2D eigenvalue weighted by Crippen LogP contribution is 2.18. The standard InChI is InChI=1S/C17H25N5O2/c1-2-14-16(23)19-9-12-22(14)17(24)20-13-6-10-21(11-7-13)15-5-3-4-8-18-15/h3-5,8,13-14H,2,6-7,9-12H2,1H3,(H,19,23)(H,20,24)/t14-/m1/s1. The van der Waals surface area contributed by atoms with Crippen LogP contribution in [0.25, 0.3) is 0 Å². The highest BCUT2D eigenvalue weighted by atomic mass is 16.2. The van der Waals surface area contributed by atoms with Gasteiger partial charge in [0.15, 0.2) is 0 Å². The first-order valence-electron chi connectivity index (χ1n) is 8.70. The molecule has 3 heterocycles. The fourth-order valence-corrected chi connectivity index (χ4v) is 3.41. The number of carbonyl (C=O) groups is 2. The van der Waals surface area contributed by atoms with E-state index in [4.69, 9.17) is 0 Å². The molecule has 0 spiro atoms. The summed E-state index contributed by atoms with van der Waals surface area (Å²) >= 11 is 0. The number of nitrogens with one attached hydrogen (secondary N) is 2. The third-order valence-corrected chi connectivity index (χ3v) is 4.77. The Hall–Kier alpha value is -2.31. The second-order valence-corrected chi connectivity index (χ2v) is 6.31. The smallest absolute Gasteiger partial charge is 0.318 e. The Morgan fingerprint density at radius 1 is 1.33 bits per heavy atom. The van der Waals surface area contributed by atoms with Gasteiger partial charge in [-0.3, -0.25) is 4.79 Å². The molecule has 130 valence electrons. The van der Waals surface area contributed by atoms with Crippen LogP contribution in [0.1, 0.15) is 26.2 Å². The number of nitrogens with zero attached hydrogens (tertiary/aromatic N) is 3. The van der Waals surface area contributed by atoms with Gasteiger partial charge in [-0.25, -0.2) is 9.78 Å². The van der Waals surface area contributed by atoms with Crippen molar-refractivity contribution in [3.8, 4) is 0 Å². The van der Waals surface area contributed by atoms with Gasteiger partial charge in [-0.05, 0) is 31.4 Å². The SMILES string of the molecule is CC[C@@H]1C(=O)NCCN1C(=O)NC1CCN(c2ccccn2)CC1. The molecule has 0 unspecified atom stereocenters. The molecule has 7 heteroatoms. The summed E-state index contributed by atoms with van der Waals surface area (Å²) in [5.74, 6) is 0.935. The van der Waals surface area contributed by atoms with Crippen LogP contribution in [0.3, 0.4) is 0 Å². The summed E-state index contributed by atoms with van der Waals surface area (Å²) in [7, 11) is 0. The zero-order chi connectivity index (χ0) is 16.9. The van der Waals surface area contributed by atoms with E-state index in [1.54, 1.807) is 11.1 Å². The summed E-state index contributed by atoms with van der Waals surface area (Å²) < 4.78 is 0. The Morgan fingerprint density at radius 3 is 2.79 bits per heavy atom. The molecule has 24 heavy (non-hydrogen) atoms. The maximum absolute atomic E-state index is 12.5. The van der Waals surface area contributed by atoms with Gasteiger partial charge in [0.05, 0.1) is 0 Å². The number of urea groups is 1. The quantitative estimate of drug-likeness (QED) is 0.865. The van der Waals surface area contributed by atoms with Crippen LogP contribution < -0.4 is 15.5 Å². The molecule has 0 radical (unpaired) electrons. The van der Waals surface area contributed by atoms with Gasteiger partial charge in [0.2, 0.25) is 5.91 Å². The number of hydrogen-bond donors (Lipinski definition) is 2. The van der Waals surface area contributed by atoms with Crippen molar-refractivity contribution in [1.29, 1.82) is 0 Å². The van der Waals surface area contributed by atoms with E-state index in [1.165, 1.54) is 0 Å². The van der Waals surface area contributed by atoms with E-state index in [2.05, 4.69) is 20.5 Å². The Balaban J connectivity index is 1.52. The number of piperidine rings is 1. The molecule has 3 rings (SSSR count). The first kappa shape index (κ1) is 16.5. The Labute approximate surface area is 142 Å². The van der Waals surface area contributed by atoms with Gasteiger partial charge in [-0.2, -0.15) is 0 Å². The molecule has 1 aromatic rings. The number of pyridine rings is 1. The molecule has 3 amide bonds. The first-order valence-corrected chi connectivity index (χ1v) is 8.70. The zero-order valence-corrected chi connectivity index (χ0v) is 14.1. The summed E-state index contributed by atoms with van der Waals surface area (Å²) in [4.78, 5) is 32.7. The second kappa shape index (κ2) is 7.51. The summed E-state index contributed by atoms with van der Waals surface area (Å²) in [6, 6.07) is 5.59. The number of amides is 3. The van der Waals surface area contributed by atoms with Crippen molar-refractivity contribution in [3.05, 3.63) is 24.4 Å². The minimum atomic E-state index is -0.354. The maximum Gasteiger partial charge on any atom is 0.318 e. The van der Waals surface area contributed by atoms with Crippen LogP contribution in [0, 0.1) is 0 Å². The lowest BCUT2D eigenvalue weighted by molar-refractivity contribution is -0.127. The molecule has 0 saturated carbocycles. The predicted molar refractivity (Wildman–Crippen MR) is 91.8 cm³/mol. The van der Waals surface area contributed by atoms with Gasteiger partial charge < -0.3 is 20.4 Å². The van der Waals surface area contributed by atoms with Crippen molar-refractivity contribution in [2.45, 2.75) is 38.3 Å². The average Bonchev–Trinajstić information content (AvgIpc) is 2.63. The molecule has 2 saturated heterocycles. The number of aromatic nitrogens is 1. The van der Waals surface area contributed by atoms with E-state index in [-0.39, 0.29) is 24.0 Å². The van der Waals surface area contributed by atoms with Crippen molar-refractivity contribution < 1.29 is 9.59 Å². The maximum atomic E-state index is 12.5. The summed E-state index contributed by atoms with van der Waals surface area (Å²) in [5, 5.41) is 5.93. The number of piperazine rings is 1. The number of carbonyl (C=O) groups excluding carboxylic acids is 2. The number of anilines is 1. The number of rotatable bonds is 3. The molecule has 2 aliphatic heterocycles. The molecular formula is C17H25N5O2. The Morgan fingerprint density at radius 2 is 2.12 bits per heavy atom. The van der Waals surface area contributed by atoms with E-state index in [0.29, 0.717) is 19.5 Å². The van der Waals surface area contributed by atoms with Crippen LogP contribution in [-0.2, 0) is 4.79 Å². The van der Waals surface area contributed by atoms with Gasteiger partial charge in [0, 0.05) is 38.4 Å². The lowest BCUT2D eigenvalue weighted by atomic mass is 10.0. The minimum Gasteiger partial charge on any atom is -0.356 e. The van der Waals surface area contributed by atoms with Gasteiger partial charge in [-0.15, -0.1) is 0 Å². The minimum absolute atomic E-state index is 0.0520. The lowest BCUT2D eigenvalue weighted by Gasteiger charge is -2.37. The lowest BCUT2D eigenvalue weighted by Crippen LogP contribution is -2.60. The Bertz CT molecular complexity index is 572. The van der Waals surface area contributed by atoms with Gasteiger partial charge >= 0.3 is 6.03 Å². The molecule has 2 aliphatic rings. The molecule has 1 aromatic heterocycles. The molecule has 0 bridgehead atoms. The number of hydrogen-bond acceptors (Lipinski definition) is 4. The highest BCUT2D eigenvalue weighted by Gasteiger charge is 2.33. The third-order valence-electron chi connectivity index (χ3n) is 4.77. The van der Waals surface area contributed by atoms with E-state index in [9.17, 15) is 9.59 Å². The normalized spacial score (nSPS) is 22.2. The van der Waals surface area contributed by atoms with Crippen LogP contribution in [0.2, 0.25) is 0 Å². The Kier molecular flexibility index (Phi) is 5.17. The summed E-state index contributed by atoms with van der Waals surface area (Å²) in [6.07, 6.45) is 4.21. The molecule has 2 fully saturated rings. The van der Waals surface area contributed by atoms with Crippen LogP contribution in [0.5, 0.6) is 0 Å². The predicted octanol–water partition coefficient (Wildman–Crippen LogP) is 0.970. The van der Waals surface area contributed by atoms with Crippen molar-refractivity contribution in [1.82, 2.24) is 20.5 Å². The van der Waals surface area contributed by atoms with Crippen molar-refractivity contribution in [3.63, 3.8) is 0 Å². The monoisotopic (exact) mass is 331 g/mol. The largest absolute Gasteiger partial charge is 0.356 e. The van der Waals surface area contributed by atoms with Crippen molar-refractivity contribution >= 4 is 17.8 Å². The van der Waals surface area contributed by atoms with Crippen molar-refractivity contribution in [2.75, 3.05) is 31.1 Å². The molecule has 1 atom stereocenters. The zero-order valence-electron chi connectivity index (χ0n) is 14.1. The van der Waals surface area contributed by atoms with Gasteiger partial charge in [0.1, 0.15) is 11.9 Å². The van der Waals surface area contributed by atoms with E-state index in [1.807, 2.05) is 25.1 Å².